The minimum absolute atomic E-state index is 0.228. The average molecular weight is 298 g/mol. The Labute approximate surface area is 126 Å². The number of rotatable bonds is 3. The first-order valence-corrected chi connectivity index (χ1v) is 7.73. The molecular formula is C14H26N4O3. The van der Waals surface area contributed by atoms with E-state index in [4.69, 9.17) is 5.11 Å². The Kier molecular flexibility index (Phi) is 5.81. The second-order valence-electron chi connectivity index (χ2n) is 5.90. The van der Waals surface area contributed by atoms with Gasteiger partial charge in [-0.05, 0) is 20.0 Å². The second-order valence-corrected chi connectivity index (χ2v) is 5.90. The fourth-order valence-corrected chi connectivity index (χ4v) is 2.87. The Morgan fingerprint density at radius 3 is 2.24 bits per heavy atom. The molecule has 2 fully saturated rings. The predicted molar refractivity (Wildman–Crippen MR) is 79.3 cm³/mol. The molecule has 1 N–H and O–H groups in total. The molecule has 0 saturated carbocycles. The third-order valence-corrected chi connectivity index (χ3v) is 4.36. The Morgan fingerprint density at radius 1 is 0.905 bits per heavy atom. The van der Waals surface area contributed by atoms with Gasteiger partial charge in [0.1, 0.15) is 0 Å². The van der Waals surface area contributed by atoms with Crippen LogP contribution in [0.15, 0.2) is 0 Å². The van der Waals surface area contributed by atoms with E-state index in [0.717, 1.165) is 52.2 Å². The van der Waals surface area contributed by atoms with Crippen LogP contribution in [-0.4, -0.2) is 103 Å². The molecule has 7 heteroatoms. The number of likely N-dealkylation sites (N-methyl/N-ethyl adjacent to an activating group) is 1. The van der Waals surface area contributed by atoms with Gasteiger partial charge in [0.25, 0.3) is 0 Å². The number of carboxylic acid groups (broad SMARTS) is 1. The van der Waals surface area contributed by atoms with Crippen molar-refractivity contribution in [2.75, 3.05) is 66.0 Å². The van der Waals surface area contributed by atoms with Crippen LogP contribution in [0.2, 0.25) is 0 Å². The van der Waals surface area contributed by atoms with E-state index in [0.29, 0.717) is 19.5 Å². The lowest BCUT2D eigenvalue weighted by atomic mass is 10.2. The van der Waals surface area contributed by atoms with Crippen molar-refractivity contribution in [3.8, 4) is 0 Å². The maximum Gasteiger partial charge on any atom is 0.407 e. The van der Waals surface area contributed by atoms with Crippen molar-refractivity contribution in [1.82, 2.24) is 19.6 Å². The van der Waals surface area contributed by atoms with Crippen molar-refractivity contribution in [1.29, 1.82) is 0 Å². The van der Waals surface area contributed by atoms with Crippen LogP contribution in [0.3, 0.4) is 0 Å². The summed E-state index contributed by atoms with van der Waals surface area (Å²) in [6.07, 6.45) is 0.732. The molecule has 21 heavy (non-hydrogen) atoms. The van der Waals surface area contributed by atoms with Gasteiger partial charge in [0, 0.05) is 58.8 Å². The normalized spacial score (nSPS) is 22.1. The smallest absolute Gasteiger partial charge is 0.407 e. The maximum absolute atomic E-state index is 12.2. The molecule has 2 aliphatic heterocycles. The average Bonchev–Trinajstić information content (AvgIpc) is 2.70. The highest BCUT2D eigenvalue weighted by atomic mass is 16.4. The predicted octanol–water partition coefficient (Wildman–Crippen LogP) is -0.164. The summed E-state index contributed by atoms with van der Waals surface area (Å²) in [6.45, 7) is 6.95. The maximum atomic E-state index is 12.2. The van der Waals surface area contributed by atoms with Crippen LogP contribution < -0.4 is 0 Å². The molecule has 0 atom stereocenters. The molecule has 0 unspecified atom stereocenters. The summed E-state index contributed by atoms with van der Waals surface area (Å²) in [5.74, 6) is 0.228. The van der Waals surface area contributed by atoms with Gasteiger partial charge in [-0.3, -0.25) is 9.69 Å². The Morgan fingerprint density at radius 2 is 1.57 bits per heavy atom. The fourth-order valence-electron chi connectivity index (χ4n) is 2.87. The van der Waals surface area contributed by atoms with Crippen molar-refractivity contribution in [3.63, 3.8) is 0 Å². The molecule has 0 spiro atoms. The molecular weight excluding hydrogens is 272 g/mol. The van der Waals surface area contributed by atoms with Gasteiger partial charge in [-0.1, -0.05) is 0 Å². The number of hydrogen-bond acceptors (Lipinski definition) is 4. The van der Waals surface area contributed by atoms with E-state index in [1.807, 2.05) is 4.90 Å². The molecule has 120 valence electrons. The Balaban J connectivity index is 1.68. The molecule has 0 radical (unpaired) electrons. The van der Waals surface area contributed by atoms with Gasteiger partial charge in [0.2, 0.25) is 5.91 Å². The molecule has 2 amide bonds. The molecule has 2 heterocycles. The molecule has 2 saturated heterocycles. The number of hydrogen-bond donors (Lipinski definition) is 1. The van der Waals surface area contributed by atoms with Gasteiger partial charge in [-0.15, -0.1) is 0 Å². The molecule has 0 aromatic heterocycles. The van der Waals surface area contributed by atoms with Crippen molar-refractivity contribution < 1.29 is 14.7 Å². The highest BCUT2D eigenvalue weighted by Gasteiger charge is 2.22. The standard InChI is InChI=1S/C14H26N4O3/c1-15-4-2-5-17(10-7-15)13(19)3-6-16-8-11-18(12-9-16)14(20)21/h2-12H2,1H3,(H,20,21). The van der Waals surface area contributed by atoms with Crippen molar-refractivity contribution >= 4 is 12.0 Å². The zero-order valence-electron chi connectivity index (χ0n) is 12.8. The Hall–Kier alpha value is -1.34. The number of piperazine rings is 1. The lowest BCUT2D eigenvalue weighted by Gasteiger charge is -2.33. The fraction of sp³-hybridized carbons (Fsp3) is 0.857. The van der Waals surface area contributed by atoms with E-state index in [-0.39, 0.29) is 5.91 Å². The monoisotopic (exact) mass is 298 g/mol. The lowest BCUT2D eigenvalue weighted by Crippen LogP contribution is -2.49. The summed E-state index contributed by atoms with van der Waals surface area (Å²) in [5, 5.41) is 8.90. The first-order valence-electron chi connectivity index (χ1n) is 7.73. The summed E-state index contributed by atoms with van der Waals surface area (Å²) in [6, 6.07) is 0. The zero-order chi connectivity index (χ0) is 15.2. The van der Waals surface area contributed by atoms with Crippen molar-refractivity contribution in [2.24, 2.45) is 0 Å². The van der Waals surface area contributed by atoms with E-state index >= 15 is 0 Å². The minimum Gasteiger partial charge on any atom is -0.465 e. The highest BCUT2D eigenvalue weighted by molar-refractivity contribution is 5.76. The third kappa shape index (κ3) is 4.86. The summed E-state index contributed by atoms with van der Waals surface area (Å²) < 4.78 is 0. The van der Waals surface area contributed by atoms with Gasteiger partial charge < -0.3 is 19.8 Å². The summed E-state index contributed by atoms with van der Waals surface area (Å²) in [5.41, 5.74) is 0. The van der Waals surface area contributed by atoms with Crippen LogP contribution in [-0.2, 0) is 4.79 Å². The van der Waals surface area contributed by atoms with Crippen LogP contribution in [0.1, 0.15) is 12.8 Å². The summed E-state index contributed by atoms with van der Waals surface area (Å²) >= 11 is 0. The van der Waals surface area contributed by atoms with Crippen molar-refractivity contribution in [2.45, 2.75) is 12.8 Å². The summed E-state index contributed by atoms with van der Waals surface area (Å²) in [4.78, 5) is 30.9. The van der Waals surface area contributed by atoms with Crippen LogP contribution in [0.4, 0.5) is 4.79 Å². The number of amides is 2. The van der Waals surface area contributed by atoms with Gasteiger partial charge >= 0.3 is 6.09 Å². The molecule has 0 bridgehead atoms. The van der Waals surface area contributed by atoms with Crippen LogP contribution >= 0.6 is 0 Å². The van der Waals surface area contributed by atoms with Gasteiger partial charge in [-0.25, -0.2) is 4.79 Å². The Bertz CT molecular complexity index is 369. The number of nitrogens with zero attached hydrogens (tertiary/aromatic N) is 4. The van der Waals surface area contributed by atoms with E-state index < -0.39 is 6.09 Å². The van der Waals surface area contributed by atoms with Crippen molar-refractivity contribution in [3.05, 3.63) is 0 Å². The lowest BCUT2D eigenvalue weighted by molar-refractivity contribution is -0.131. The van der Waals surface area contributed by atoms with Gasteiger partial charge in [0.15, 0.2) is 0 Å². The topological polar surface area (TPSA) is 67.3 Å². The van der Waals surface area contributed by atoms with E-state index in [2.05, 4.69) is 16.8 Å². The van der Waals surface area contributed by atoms with Gasteiger partial charge in [0.05, 0.1) is 0 Å². The second kappa shape index (κ2) is 7.61. The molecule has 0 aromatic rings. The molecule has 2 rings (SSSR count). The van der Waals surface area contributed by atoms with E-state index in [1.54, 1.807) is 0 Å². The van der Waals surface area contributed by atoms with Crippen LogP contribution in [0.5, 0.6) is 0 Å². The van der Waals surface area contributed by atoms with Crippen LogP contribution in [0.25, 0.3) is 0 Å². The molecule has 0 aliphatic carbocycles. The molecule has 7 nitrogen and oxygen atoms in total. The van der Waals surface area contributed by atoms with E-state index in [9.17, 15) is 9.59 Å². The minimum atomic E-state index is -0.848. The van der Waals surface area contributed by atoms with E-state index in [1.165, 1.54) is 4.90 Å². The zero-order valence-corrected chi connectivity index (χ0v) is 12.8. The summed E-state index contributed by atoms with van der Waals surface area (Å²) in [7, 11) is 2.09. The quantitative estimate of drug-likeness (QED) is 0.784. The first-order chi connectivity index (χ1) is 10.1. The molecule has 0 aromatic carbocycles. The largest absolute Gasteiger partial charge is 0.465 e. The SMILES string of the molecule is CN1CCCN(C(=O)CCN2CCN(C(=O)O)CC2)CC1. The number of carbonyl (C=O) groups excluding carboxylic acids is 1. The molecule has 2 aliphatic rings. The van der Waals surface area contributed by atoms with Crippen LogP contribution in [0, 0.1) is 0 Å². The third-order valence-electron chi connectivity index (χ3n) is 4.36. The highest BCUT2D eigenvalue weighted by Crippen LogP contribution is 2.06. The number of carbonyl (C=O) groups is 2. The van der Waals surface area contributed by atoms with Gasteiger partial charge in [-0.2, -0.15) is 0 Å². The first kappa shape index (κ1) is 16.0.